The van der Waals surface area contributed by atoms with Gasteiger partial charge >= 0.3 is 42.0 Å². The molecule has 0 heterocycles. The van der Waals surface area contributed by atoms with Gasteiger partial charge in [-0.15, -0.1) is 0 Å². The lowest BCUT2D eigenvalue weighted by Crippen LogP contribution is -2.71. The van der Waals surface area contributed by atoms with Crippen LogP contribution in [0.25, 0.3) is 0 Å². The number of esters is 1. The highest BCUT2D eigenvalue weighted by Gasteiger charge is 2.89. The SMILES string of the molecule is COC(=O)CNC(=O)C(F)(F)C(F)(F)C(F)(F)C(F)(F)C(F)(F)C(F)F. The molecule has 0 aliphatic rings. The molecule has 0 saturated heterocycles. The Hall–Kier alpha value is -1.90. The fraction of sp³-hybridized carbons (Fsp3) is 0.800. The van der Waals surface area contributed by atoms with Crippen molar-refractivity contribution in [2.75, 3.05) is 13.7 Å². The number of methoxy groups -OCH3 is 1. The second-order valence-corrected chi connectivity index (χ2v) is 4.48. The molecule has 0 aromatic heterocycles. The van der Waals surface area contributed by atoms with E-state index in [4.69, 9.17) is 0 Å². The van der Waals surface area contributed by atoms with E-state index in [-0.39, 0.29) is 0 Å². The summed E-state index contributed by atoms with van der Waals surface area (Å²) in [5.74, 6) is -42.1. The molecule has 0 spiro atoms. The zero-order valence-corrected chi connectivity index (χ0v) is 12.0. The lowest BCUT2D eigenvalue weighted by atomic mass is 9.94. The fourth-order valence-electron chi connectivity index (χ4n) is 1.22. The molecule has 0 radical (unpaired) electrons. The zero-order valence-electron chi connectivity index (χ0n) is 12.0. The lowest BCUT2D eigenvalue weighted by Gasteiger charge is -2.38. The summed E-state index contributed by atoms with van der Waals surface area (Å²) in [6.07, 6.45) is -5.64. The molecule has 26 heavy (non-hydrogen) atoms. The minimum absolute atomic E-state index is 0.607. The van der Waals surface area contributed by atoms with E-state index in [1.165, 1.54) is 0 Å². The minimum atomic E-state index is -7.81. The number of ether oxygens (including phenoxy) is 1. The van der Waals surface area contributed by atoms with E-state index in [1.54, 1.807) is 0 Å². The van der Waals surface area contributed by atoms with E-state index in [1.807, 2.05) is 0 Å². The van der Waals surface area contributed by atoms with Gasteiger partial charge in [0, 0.05) is 0 Å². The van der Waals surface area contributed by atoms with E-state index in [9.17, 15) is 62.3 Å². The molecule has 0 fully saturated rings. The number of hydrogen-bond acceptors (Lipinski definition) is 3. The molecule has 16 heteroatoms. The average molecular weight is 417 g/mol. The maximum Gasteiger partial charge on any atom is 0.392 e. The van der Waals surface area contributed by atoms with Crippen LogP contribution in [-0.4, -0.2) is 61.6 Å². The van der Waals surface area contributed by atoms with Crippen molar-refractivity contribution in [3.05, 3.63) is 0 Å². The molecule has 0 unspecified atom stereocenters. The third kappa shape index (κ3) is 3.49. The summed E-state index contributed by atoms with van der Waals surface area (Å²) in [4.78, 5) is 21.4. The zero-order chi connectivity index (χ0) is 21.4. The monoisotopic (exact) mass is 417 g/mol. The summed E-state index contributed by atoms with van der Waals surface area (Å²) in [7, 11) is 0.613. The van der Waals surface area contributed by atoms with Crippen molar-refractivity contribution in [3.8, 4) is 0 Å². The summed E-state index contributed by atoms with van der Waals surface area (Å²) in [6.45, 7) is -1.61. The number of alkyl halides is 12. The van der Waals surface area contributed by atoms with Gasteiger partial charge in [0.15, 0.2) is 0 Å². The van der Waals surface area contributed by atoms with Crippen LogP contribution < -0.4 is 5.32 Å². The first kappa shape index (κ1) is 24.1. The van der Waals surface area contributed by atoms with Gasteiger partial charge in [0.05, 0.1) is 7.11 Å². The number of carbonyl (C=O) groups excluding carboxylic acids is 2. The predicted octanol–water partition coefficient (Wildman–Crippen LogP) is 2.72. The molecule has 154 valence electrons. The quantitative estimate of drug-likeness (QED) is 0.488. The summed E-state index contributed by atoms with van der Waals surface area (Å²) in [5, 5.41) is 0.607. The molecular weight excluding hydrogens is 410 g/mol. The molecule has 4 nitrogen and oxygen atoms in total. The molecule has 1 amide bonds. The van der Waals surface area contributed by atoms with Gasteiger partial charge in [0.25, 0.3) is 5.91 Å². The predicted molar refractivity (Wildman–Crippen MR) is 55.8 cm³/mol. The number of halogens is 12. The van der Waals surface area contributed by atoms with Gasteiger partial charge < -0.3 is 10.1 Å². The molecule has 0 saturated carbocycles. The van der Waals surface area contributed by atoms with Crippen LogP contribution in [0, 0.1) is 0 Å². The normalized spacial score (nSPS) is 14.4. The van der Waals surface area contributed by atoms with Crippen molar-refractivity contribution in [2.24, 2.45) is 0 Å². The van der Waals surface area contributed by atoms with Crippen LogP contribution in [0.5, 0.6) is 0 Å². The van der Waals surface area contributed by atoms with Crippen molar-refractivity contribution in [2.45, 2.75) is 36.0 Å². The number of carbonyl (C=O) groups is 2. The molecule has 0 aliphatic heterocycles. The molecular formula is C10H7F12NO3. The van der Waals surface area contributed by atoms with Crippen LogP contribution in [0.15, 0.2) is 0 Å². The smallest absolute Gasteiger partial charge is 0.392 e. The summed E-state index contributed by atoms with van der Waals surface area (Å²) in [5.41, 5.74) is 0. The Morgan fingerprint density at radius 3 is 1.62 bits per heavy atom. The molecule has 0 aromatic carbocycles. The van der Waals surface area contributed by atoms with Crippen LogP contribution in [0.2, 0.25) is 0 Å². The van der Waals surface area contributed by atoms with Crippen LogP contribution in [0.1, 0.15) is 0 Å². The third-order valence-corrected chi connectivity index (χ3v) is 2.78. The number of hydrogen-bond donors (Lipinski definition) is 1. The highest BCUT2D eigenvalue weighted by molar-refractivity contribution is 5.88. The van der Waals surface area contributed by atoms with Crippen molar-refractivity contribution in [1.82, 2.24) is 5.32 Å². The van der Waals surface area contributed by atoms with Crippen LogP contribution >= 0.6 is 0 Å². The fourth-order valence-corrected chi connectivity index (χ4v) is 1.22. The molecule has 0 atom stereocenters. The molecule has 1 N–H and O–H groups in total. The summed E-state index contributed by atoms with van der Waals surface area (Å²) >= 11 is 0. The minimum Gasteiger partial charge on any atom is -0.468 e. The highest BCUT2D eigenvalue weighted by Crippen LogP contribution is 2.58. The molecule has 0 bridgehead atoms. The maximum atomic E-state index is 13.2. The van der Waals surface area contributed by atoms with Gasteiger partial charge in [-0.2, -0.15) is 43.9 Å². The van der Waals surface area contributed by atoms with E-state index in [0.717, 1.165) is 0 Å². The number of rotatable bonds is 8. The van der Waals surface area contributed by atoms with E-state index >= 15 is 0 Å². The Balaban J connectivity index is 5.95. The highest BCUT2D eigenvalue weighted by atomic mass is 19.4. The Morgan fingerprint density at radius 2 is 1.27 bits per heavy atom. The first-order valence-electron chi connectivity index (χ1n) is 5.84. The van der Waals surface area contributed by atoms with Crippen molar-refractivity contribution in [1.29, 1.82) is 0 Å². The number of nitrogens with one attached hydrogen (secondary N) is 1. The molecule has 0 rings (SSSR count). The van der Waals surface area contributed by atoms with Crippen LogP contribution in [0.4, 0.5) is 52.7 Å². The van der Waals surface area contributed by atoms with Gasteiger partial charge in [0.1, 0.15) is 6.54 Å². The van der Waals surface area contributed by atoms with Gasteiger partial charge in [-0.05, 0) is 0 Å². The van der Waals surface area contributed by atoms with Gasteiger partial charge in [0.2, 0.25) is 0 Å². The summed E-state index contributed by atoms with van der Waals surface area (Å²) < 4.78 is 157. The average Bonchev–Trinajstić information content (AvgIpc) is 2.50. The second-order valence-electron chi connectivity index (χ2n) is 4.48. The molecule has 0 aromatic rings. The topological polar surface area (TPSA) is 55.4 Å². The molecule has 0 aliphatic carbocycles. The van der Waals surface area contributed by atoms with E-state index in [2.05, 4.69) is 4.74 Å². The standard InChI is InChI=1S/C10H7F12NO3/c1-26-3(24)2-23-5(25)7(15,16)9(19,20)10(21,22)8(17,18)6(13,14)4(11)12/h4H,2H2,1H3,(H,23,25). The Labute approximate surface area is 135 Å². The second kappa shape index (κ2) is 7.02. The van der Waals surface area contributed by atoms with Crippen molar-refractivity contribution < 1.29 is 67.0 Å². The summed E-state index contributed by atoms with van der Waals surface area (Å²) in [6, 6.07) is 0. The Kier molecular flexibility index (Phi) is 6.50. The first-order valence-corrected chi connectivity index (χ1v) is 5.84. The first-order chi connectivity index (χ1) is 11.3. The third-order valence-electron chi connectivity index (χ3n) is 2.78. The van der Waals surface area contributed by atoms with E-state index in [0.29, 0.717) is 12.4 Å². The largest absolute Gasteiger partial charge is 0.468 e. The lowest BCUT2D eigenvalue weighted by molar-refractivity contribution is -0.407. The van der Waals surface area contributed by atoms with Crippen molar-refractivity contribution >= 4 is 11.9 Å². The van der Waals surface area contributed by atoms with Crippen molar-refractivity contribution in [3.63, 3.8) is 0 Å². The maximum absolute atomic E-state index is 13.2. The number of amides is 1. The Bertz CT molecular complexity index is 547. The van der Waals surface area contributed by atoms with Gasteiger partial charge in [-0.1, -0.05) is 0 Å². The van der Waals surface area contributed by atoms with Crippen LogP contribution in [0.3, 0.4) is 0 Å². The van der Waals surface area contributed by atoms with Gasteiger partial charge in [-0.25, -0.2) is 8.78 Å². The van der Waals surface area contributed by atoms with Crippen LogP contribution in [-0.2, 0) is 14.3 Å². The Morgan fingerprint density at radius 1 is 0.846 bits per heavy atom. The van der Waals surface area contributed by atoms with Gasteiger partial charge in [-0.3, -0.25) is 9.59 Å². The van der Waals surface area contributed by atoms with E-state index < -0.39 is 54.5 Å².